The summed E-state index contributed by atoms with van der Waals surface area (Å²) in [5.74, 6) is -0.235. The summed E-state index contributed by atoms with van der Waals surface area (Å²) in [6.45, 7) is 5.97. The summed E-state index contributed by atoms with van der Waals surface area (Å²) in [6, 6.07) is 7.44. The van der Waals surface area contributed by atoms with Crippen LogP contribution in [0.25, 0.3) is 0 Å². The molecule has 1 aromatic carbocycles. The van der Waals surface area contributed by atoms with Crippen molar-refractivity contribution in [2.24, 2.45) is 0 Å². The monoisotopic (exact) mass is 222 g/mol. The fraction of sp³-hybridized carbons (Fsp3) is 0.333. The lowest BCUT2D eigenvalue weighted by atomic mass is 10.2. The zero-order valence-corrected chi connectivity index (χ0v) is 9.91. The van der Waals surface area contributed by atoms with E-state index in [-0.39, 0.29) is 12.5 Å². The molecule has 0 fully saturated rings. The van der Waals surface area contributed by atoms with E-state index in [9.17, 15) is 9.59 Å². The van der Waals surface area contributed by atoms with Crippen LogP contribution in [0, 0.1) is 6.92 Å². The number of carbonyl (C=O) groups excluding carboxylic acids is 2. The van der Waals surface area contributed by atoms with E-state index in [0.717, 1.165) is 11.3 Å². The van der Waals surface area contributed by atoms with Gasteiger partial charge in [0.05, 0.1) is 6.54 Å². The minimum absolute atomic E-state index is 0.00260. The van der Waals surface area contributed by atoms with Gasteiger partial charge in [0.2, 0.25) is 12.3 Å². The molecular weight excluding hydrogens is 204 g/mol. The molecule has 0 atom stereocenters. The van der Waals surface area contributed by atoms with Crippen molar-refractivity contribution in [2.75, 3.05) is 11.9 Å². The number of hydrogen-bond donors (Lipinski definition) is 2. The Morgan fingerprint density at radius 1 is 1.25 bits per heavy atom. The molecule has 2 N–H and O–H groups in total. The van der Waals surface area contributed by atoms with Gasteiger partial charge in [-0.3, -0.25) is 9.59 Å². The lowest BCUT2D eigenvalue weighted by Crippen LogP contribution is -2.26. The van der Waals surface area contributed by atoms with E-state index in [4.69, 9.17) is 0 Å². The summed E-state index contributed by atoms with van der Waals surface area (Å²) >= 11 is 0. The Morgan fingerprint density at radius 3 is 2.31 bits per heavy atom. The SMILES string of the molecule is CC.Cc1ccc(NC(=O)CNC=O)cc1. The zero-order valence-electron chi connectivity index (χ0n) is 9.91. The lowest BCUT2D eigenvalue weighted by molar-refractivity contribution is -0.118. The van der Waals surface area contributed by atoms with Crippen LogP contribution < -0.4 is 10.6 Å². The number of amides is 2. The first-order chi connectivity index (χ1) is 7.72. The third kappa shape index (κ3) is 5.80. The molecule has 0 heterocycles. The van der Waals surface area contributed by atoms with Gasteiger partial charge in [0.25, 0.3) is 0 Å². The van der Waals surface area contributed by atoms with E-state index in [1.807, 2.05) is 45.0 Å². The maximum absolute atomic E-state index is 11.1. The highest BCUT2D eigenvalue weighted by Gasteiger charge is 1.99. The van der Waals surface area contributed by atoms with Crippen molar-refractivity contribution < 1.29 is 9.59 Å². The van der Waals surface area contributed by atoms with Crippen LogP contribution in [-0.4, -0.2) is 18.9 Å². The fourth-order valence-electron chi connectivity index (χ4n) is 0.976. The van der Waals surface area contributed by atoms with E-state index in [0.29, 0.717) is 6.41 Å². The van der Waals surface area contributed by atoms with E-state index in [2.05, 4.69) is 10.6 Å². The normalized spacial score (nSPS) is 8.44. The van der Waals surface area contributed by atoms with Gasteiger partial charge < -0.3 is 10.6 Å². The molecule has 2 amide bonds. The molecule has 0 aliphatic carbocycles. The van der Waals surface area contributed by atoms with Crippen molar-refractivity contribution in [3.8, 4) is 0 Å². The first-order valence-electron chi connectivity index (χ1n) is 5.26. The maximum Gasteiger partial charge on any atom is 0.243 e. The smallest absolute Gasteiger partial charge is 0.243 e. The van der Waals surface area contributed by atoms with E-state index in [1.165, 1.54) is 0 Å². The molecule has 4 heteroatoms. The third-order valence-corrected chi connectivity index (χ3v) is 1.68. The Morgan fingerprint density at radius 2 is 1.81 bits per heavy atom. The second kappa shape index (κ2) is 8.47. The lowest BCUT2D eigenvalue weighted by Gasteiger charge is -2.04. The number of aryl methyl sites for hydroxylation is 1. The number of benzene rings is 1. The van der Waals surface area contributed by atoms with Gasteiger partial charge >= 0.3 is 0 Å². The Balaban J connectivity index is 0.00000106. The number of anilines is 1. The zero-order chi connectivity index (χ0) is 12.4. The fourth-order valence-corrected chi connectivity index (χ4v) is 0.976. The standard InChI is InChI=1S/C10H12N2O2.C2H6/c1-8-2-4-9(5-3-8)12-10(14)6-11-7-13;1-2/h2-5,7H,6H2,1H3,(H,11,13)(H,12,14);1-2H3. The van der Waals surface area contributed by atoms with Gasteiger partial charge in [-0.15, -0.1) is 0 Å². The summed E-state index contributed by atoms with van der Waals surface area (Å²) < 4.78 is 0. The second-order valence-electron chi connectivity index (χ2n) is 2.91. The van der Waals surface area contributed by atoms with Gasteiger partial charge in [-0.05, 0) is 19.1 Å². The molecule has 0 spiro atoms. The van der Waals surface area contributed by atoms with Crippen molar-refractivity contribution in [1.29, 1.82) is 0 Å². The van der Waals surface area contributed by atoms with Crippen molar-refractivity contribution >= 4 is 18.0 Å². The molecule has 0 aliphatic heterocycles. The highest BCUT2D eigenvalue weighted by Crippen LogP contribution is 2.07. The molecule has 0 aliphatic rings. The molecule has 0 saturated heterocycles. The number of hydrogen-bond acceptors (Lipinski definition) is 2. The minimum atomic E-state index is -0.235. The number of nitrogens with one attached hydrogen (secondary N) is 2. The van der Waals surface area contributed by atoms with Crippen LogP contribution in [0.4, 0.5) is 5.69 Å². The van der Waals surface area contributed by atoms with Gasteiger partial charge in [-0.25, -0.2) is 0 Å². The average Bonchev–Trinajstić information content (AvgIpc) is 2.32. The molecule has 0 saturated carbocycles. The van der Waals surface area contributed by atoms with Gasteiger partial charge in [0.1, 0.15) is 0 Å². The molecule has 0 aromatic heterocycles. The summed E-state index contributed by atoms with van der Waals surface area (Å²) in [7, 11) is 0. The van der Waals surface area contributed by atoms with Gasteiger partial charge in [0, 0.05) is 5.69 Å². The molecule has 16 heavy (non-hydrogen) atoms. The van der Waals surface area contributed by atoms with E-state index >= 15 is 0 Å². The van der Waals surface area contributed by atoms with E-state index in [1.54, 1.807) is 0 Å². The van der Waals surface area contributed by atoms with Crippen LogP contribution in [0.3, 0.4) is 0 Å². The number of carbonyl (C=O) groups is 2. The summed E-state index contributed by atoms with van der Waals surface area (Å²) in [5.41, 5.74) is 1.86. The predicted molar refractivity (Wildman–Crippen MR) is 65.2 cm³/mol. The summed E-state index contributed by atoms with van der Waals surface area (Å²) in [4.78, 5) is 21.0. The van der Waals surface area contributed by atoms with Crippen molar-refractivity contribution in [3.63, 3.8) is 0 Å². The van der Waals surface area contributed by atoms with Gasteiger partial charge in [-0.1, -0.05) is 31.5 Å². The molecule has 0 radical (unpaired) electrons. The molecule has 4 nitrogen and oxygen atoms in total. The average molecular weight is 222 g/mol. The van der Waals surface area contributed by atoms with Gasteiger partial charge in [-0.2, -0.15) is 0 Å². The van der Waals surface area contributed by atoms with Crippen LogP contribution in [-0.2, 0) is 9.59 Å². The topological polar surface area (TPSA) is 58.2 Å². The van der Waals surface area contributed by atoms with Crippen LogP contribution in [0.15, 0.2) is 24.3 Å². The van der Waals surface area contributed by atoms with Crippen molar-refractivity contribution in [1.82, 2.24) is 5.32 Å². The Hall–Kier alpha value is -1.84. The first-order valence-corrected chi connectivity index (χ1v) is 5.26. The predicted octanol–water partition coefficient (Wildman–Crippen LogP) is 1.71. The maximum atomic E-state index is 11.1. The molecule has 0 unspecified atom stereocenters. The van der Waals surface area contributed by atoms with Crippen LogP contribution in [0.5, 0.6) is 0 Å². The van der Waals surface area contributed by atoms with E-state index < -0.39 is 0 Å². The van der Waals surface area contributed by atoms with Crippen LogP contribution in [0.2, 0.25) is 0 Å². The van der Waals surface area contributed by atoms with Crippen molar-refractivity contribution in [3.05, 3.63) is 29.8 Å². The first kappa shape index (κ1) is 14.2. The Bertz CT molecular complexity index is 320. The third-order valence-electron chi connectivity index (χ3n) is 1.68. The van der Waals surface area contributed by atoms with Crippen LogP contribution in [0.1, 0.15) is 19.4 Å². The quantitative estimate of drug-likeness (QED) is 0.762. The molecular formula is C12H18N2O2. The van der Waals surface area contributed by atoms with Gasteiger partial charge in [0.15, 0.2) is 0 Å². The number of rotatable bonds is 4. The second-order valence-corrected chi connectivity index (χ2v) is 2.91. The summed E-state index contributed by atoms with van der Waals surface area (Å²) in [5, 5.41) is 4.93. The Labute approximate surface area is 96.0 Å². The molecule has 1 aromatic rings. The molecule has 1 rings (SSSR count). The summed E-state index contributed by atoms with van der Waals surface area (Å²) in [6.07, 6.45) is 0.495. The van der Waals surface area contributed by atoms with Crippen LogP contribution >= 0.6 is 0 Å². The largest absolute Gasteiger partial charge is 0.350 e. The highest BCUT2D eigenvalue weighted by molar-refractivity contribution is 5.93. The highest BCUT2D eigenvalue weighted by atomic mass is 16.2. The Kier molecular flexibility index (Phi) is 7.49. The molecule has 88 valence electrons. The minimum Gasteiger partial charge on any atom is -0.350 e. The van der Waals surface area contributed by atoms with Crippen molar-refractivity contribution in [2.45, 2.75) is 20.8 Å². The molecule has 0 bridgehead atoms.